The van der Waals surface area contributed by atoms with Gasteiger partial charge in [-0.3, -0.25) is 4.79 Å². The Morgan fingerprint density at radius 2 is 1.92 bits per heavy atom. The zero-order chi connectivity index (χ0) is 17.2. The first-order valence-electron chi connectivity index (χ1n) is 7.30. The Kier molecular flexibility index (Phi) is 6.64. The molecule has 2 aromatic rings. The number of hydrogen-bond acceptors (Lipinski definition) is 2. The fraction of sp³-hybridized carbons (Fsp3) is 0.278. The third kappa shape index (κ3) is 4.62. The standard InChI is InChI=1S/C18H20ClFN2O.ClH/c1-11-4-6-13(21)9-14(11)17(23)22-10-18(2,3)15-7-5-12(20)8-16(15)19;/h4-9H,10,21H2,1-3H3,(H,22,23);1H. The molecule has 0 aromatic heterocycles. The van der Waals surface area contributed by atoms with Crippen LogP contribution < -0.4 is 11.1 Å². The lowest BCUT2D eigenvalue weighted by Gasteiger charge is -2.27. The van der Waals surface area contributed by atoms with E-state index in [0.717, 1.165) is 11.1 Å². The molecular weight excluding hydrogens is 350 g/mol. The summed E-state index contributed by atoms with van der Waals surface area (Å²) in [4.78, 5) is 12.4. The van der Waals surface area contributed by atoms with Gasteiger partial charge < -0.3 is 11.1 Å². The zero-order valence-corrected chi connectivity index (χ0v) is 15.4. The van der Waals surface area contributed by atoms with Crippen LogP contribution in [0.4, 0.5) is 10.1 Å². The first-order valence-corrected chi connectivity index (χ1v) is 7.68. The fourth-order valence-electron chi connectivity index (χ4n) is 2.41. The van der Waals surface area contributed by atoms with Crippen LogP contribution in [0.15, 0.2) is 36.4 Å². The summed E-state index contributed by atoms with van der Waals surface area (Å²) in [5.41, 5.74) is 8.03. The van der Waals surface area contributed by atoms with Gasteiger partial charge in [0.25, 0.3) is 5.91 Å². The number of carbonyl (C=O) groups excluding carboxylic acids is 1. The van der Waals surface area contributed by atoms with Gasteiger partial charge in [0.1, 0.15) is 5.82 Å². The smallest absolute Gasteiger partial charge is 0.251 e. The Morgan fingerprint density at radius 1 is 1.25 bits per heavy atom. The van der Waals surface area contributed by atoms with Crippen molar-refractivity contribution in [2.45, 2.75) is 26.2 Å². The van der Waals surface area contributed by atoms with Gasteiger partial charge in [-0.25, -0.2) is 4.39 Å². The maximum absolute atomic E-state index is 13.2. The number of amides is 1. The molecule has 0 spiro atoms. The van der Waals surface area contributed by atoms with Crippen molar-refractivity contribution in [3.8, 4) is 0 Å². The number of anilines is 1. The molecular formula is C18H21Cl2FN2O. The zero-order valence-electron chi connectivity index (χ0n) is 13.8. The summed E-state index contributed by atoms with van der Waals surface area (Å²) in [5, 5.41) is 3.25. The monoisotopic (exact) mass is 370 g/mol. The van der Waals surface area contributed by atoms with Gasteiger partial charge in [-0.2, -0.15) is 0 Å². The van der Waals surface area contributed by atoms with Crippen molar-refractivity contribution in [1.29, 1.82) is 0 Å². The average Bonchev–Trinajstić information content (AvgIpc) is 2.47. The number of benzene rings is 2. The molecule has 0 aliphatic rings. The predicted octanol–water partition coefficient (Wildman–Crippen LogP) is 4.50. The van der Waals surface area contributed by atoms with Crippen LogP contribution in [0.1, 0.15) is 35.3 Å². The van der Waals surface area contributed by atoms with E-state index < -0.39 is 5.41 Å². The molecule has 3 N–H and O–H groups in total. The van der Waals surface area contributed by atoms with Crippen molar-refractivity contribution in [3.05, 3.63) is 63.9 Å². The van der Waals surface area contributed by atoms with Gasteiger partial charge in [-0.05, 0) is 42.3 Å². The van der Waals surface area contributed by atoms with Gasteiger partial charge in [0.2, 0.25) is 0 Å². The Hall–Kier alpha value is -1.78. The van der Waals surface area contributed by atoms with E-state index in [1.165, 1.54) is 12.1 Å². The molecule has 0 aliphatic carbocycles. The van der Waals surface area contributed by atoms with Crippen LogP contribution in [-0.4, -0.2) is 12.5 Å². The predicted molar refractivity (Wildman–Crippen MR) is 99.6 cm³/mol. The molecule has 0 aliphatic heterocycles. The third-order valence-electron chi connectivity index (χ3n) is 3.86. The molecule has 2 aromatic carbocycles. The van der Waals surface area contributed by atoms with Crippen molar-refractivity contribution in [2.75, 3.05) is 12.3 Å². The summed E-state index contributed by atoms with van der Waals surface area (Å²) in [5.74, 6) is -0.574. The molecule has 2 rings (SSSR count). The lowest BCUT2D eigenvalue weighted by molar-refractivity contribution is 0.0945. The second-order valence-electron chi connectivity index (χ2n) is 6.27. The van der Waals surface area contributed by atoms with E-state index in [1.54, 1.807) is 18.2 Å². The first-order chi connectivity index (χ1) is 10.7. The van der Waals surface area contributed by atoms with Gasteiger partial charge in [0, 0.05) is 28.2 Å². The average molecular weight is 371 g/mol. The highest BCUT2D eigenvalue weighted by Crippen LogP contribution is 2.30. The molecule has 0 saturated carbocycles. The van der Waals surface area contributed by atoms with Crippen molar-refractivity contribution in [3.63, 3.8) is 0 Å². The van der Waals surface area contributed by atoms with E-state index in [9.17, 15) is 9.18 Å². The molecule has 0 heterocycles. The summed E-state index contributed by atoms with van der Waals surface area (Å²) in [6, 6.07) is 9.52. The van der Waals surface area contributed by atoms with E-state index in [2.05, 4.69) is 5.32 Å². The van der Waals surface area contributed by atoms with Gasteiger partial charge in [0.05, 0.1) is 0 Å². The van der Waals surface area contributed by atoms with Crippen LogP contribution in [0.3, 0.4) is 0 Å². The number of nitrogens with one attached hydrogen (secondary N) is 1. The largest absolute Gasteiger partial charge is 0.399 e. The van der Waals surface area contributed by atoms with Crippen molar-refractivity contribution >= 4 is 35.6 Å². The number of nitrogen functional groups attached to an aromatic ring is 1. The topological polar surface area (TPSA) is 55.1 Å². The summed E-state index contributed by atoms with van der Waals surface area (Å²) in [6.45, 7) is 6.11. The highest BCUT2D eigenvalue weighted by Gasteiger charge is 2.25. The van der Waals surface area contributed by atoms with E-state index >= 15 is 0 Å². The van der Waals surface area contributed by atoms with Crippen LogP contribution in [0, 0.1) is 12.7 Å². The minimum absolute atomic E-state index is 0. The second-order valence-corrected chi connectivity index (χ2v) is 6.67. The van der Waals surface area contributed by atoms with Crippen LogP contribution in [0.2, 0.25) is 5.02 Å². The van der Waals surface area contributed by atoms with Crippen LogP contribution in [0.25, 0.3) is 0 Å². The SMILES string of the molecule is Cc1ccc(N)cc1C(=O)NCC(C)(C)c1ccc(F)cc1Cl.Cl. The molecule has 3 nitrogen and oxygen atoms in total. The maximum atomic E-state index is 13.2. The van der Waals surface area contributed by atoms with Crippen LogP contribution >= 0.6 is 24.0 Å². The van der Waals surface area contributed by atoms with E-state index in [0.29, 0.717) is 22.8 Å². The molecule has 1 amide bonds. The highest BCUT2D eigenvalue weighted by atomic mass is 35.5. The second kappa shape index (κ2) is 7.86. The summed E-state index contributed by atoms with van der Waals surface area (Å²) < 4.78 is 13.2. The molecule has 0 unspecified atom stereocenters. The Bertz CT molecular complexity index is 748. The molecule has 0 saturated heterocycles. The number of nitrogens with two attached hydrogens (primary N) is 1. The quantitative estimate of drug-likeness (QED) is 0.778. The highest BCUT2D eigenvalue weighted by molar-refractivity contribution is 6.31. The van der Waals surface area contributed by atoms with E-state index in [4.69, 9.17) is 17.3 Å². The molecule has 0 atom stereocenters. The van der Waals surface area contributed by atoms with E-state index in [1.807, 2.05) is 26.8 Å². The lowest BCUT2D eigenvalue weighted by atomic mass is 9.84. The number of aryl methyl sites for hydroxylation is 1. The third-order valence-corrected chi connectivity index (χ3v) is 4.17. The summed E-state index contributed by atoms with van der Waals surface area (Å²) in [7, 11) is 0. The number of rotatable bonds is 4. The molecule has 6 heteroatoms. The number of halogens is 3. The molecule has 130 valence electrons. The van der Waals surface area contributed by atoms with Crippen molar-refractivity contribution in [1.82, 2.24) is 5.32 Å². The number of carbonyl (C=O) groups is 1. The maximum Gasteiger partial charge on any atom is 0.251 e. The Balaban J connectivity index is 0.00000288. The Morgan fingerprint density at radius 3 is 2.54 bits per heavy atom. The first kappa shape index (κ1) is 20.3. The molecule has 0 bridgehead atoms. The van der Waals surface area contributed by atoms with Gasteiger partial charge in [-0.15, -0.1) is 12.4 Å². The minimum Gasteiger partial charge on any atom is -0.399 e. The van der Waals surface area contributed by atoms with Crippen molar-refractivity contribution in [2.24, 2.45) is 0 Å². The summed E-state index contributed by atoms with van der Waals surface area (Å²) >= 11 is 6.12. The normalized spacial score (nSPS) is 10.9. The van der Waals surface area contributed by atoms with Crippen molar-refractivity contribution < 1.29 is 9.18 Å². The molecule has 24 heavy (non-hydrogen) atoms. The van der Waals surface area contributed by atoms with Crippen LogP contribution in [-0.2, 0) is 5.41 Å². The van der Waals surface area contributed by atoms with E-state index in [-0.39, 0.29) is 24.1 Å². The van der Waals surface area contributed by atoms with Crippen LogP contribution in [0.5, 0.6) is 0 Å². The number of hydrogen-bond donors (Lipinski definition) is 2. The molecule has 0 radical (unpaired) electrons. The lowest BCUT2D eigenvalue weighted by Crippen LogP contribution is -2.37. The molecule has 0 fully saturated rings. The fourth-order valence-corrected chi connectivity index (χ4v) is 2.84. The van der Waals surface area contributed by atoms with Gasteiger partial charge in [-0.1, -0.05) is 37.6 Å². The minimum atomic E-state index is -0.436. The summed E-state index contributed by atoms with van der Waals surface area (Å²) in [6.07, 6.45) is 0. The van der Waals surface area contributed by atoms with Gasteiger partial charge in [0.15, 0.2) is 0 Å². The van der Waals surface area contributed by atoms with Gasteiger partial charge >= 0.3 is 0 Å². The Labute approximate surface area is 152 Å².